The summed E-state index contributed by atoms with van der Waals surface area (Å²) in [6.45, 7) is 2.22. The fourth-order valence-electron chi connectivity index (χ4n) is 3.15. The molecule has 1 saturated carbocycles. The second kappa shape index (κ2) is 6.92. The van der Waals surface area contributed by atoms with E-state index in [-0.39, 0.29) is 5.02 Å². The maximum Gasteiger partial charge on any atom is 0.147 e. The van der Waals surface area contributed by atoms with E-state index in [4.69, 9.17) is 22.2 Å². The lowest BCUT2D eigenvalue weighted by Crippen LogP contribution is -2.50. The standard InChI is InChI=1S/C15H21BrClFN2O/c1-9-5-7-15(21-2,8-6-9)14(20-19)10-3-4-11(16)12(17)13(10)18/h3-4,9,14,20H,5-8,19H2,1-2H3. The normalized spacial score (nSPS) is 27.6. The molecule has 1 aromatic carbocycles. The quantitative estimate of drug-likeness (QED) is 0.465. The molecule has 1 aromatic rings. The highest BCUT2D eigenvalue weighted by atomic mass is 79.9. The number of hydrogen-bond donors (Lipinski definition) is 2. The minimum absolute atomic E-state index is 0.0724. The van der Waals surface area contributed by atoms with E-state index in [1.54, 1.807) is 19.2 Å². The van der Waals surface area contributed by atoms with Crippen LogP contribution in [0.15, 0.2) is 16.6 Å². The van der Waals surface area contributed by atoms with Crippen LogP contribution in [-0.4, -0.2) is 12.7 Å². The van der Waals surface area contributed by atoms with E-state index in [0.29, 0.717) is 16.0 Å². The van der Waals surface area contributed by atoms with Gasteiger partial charge in [0.05, 0.1) is 16.7 Å². The third-order valence-electron chi connectivity index (χ3n) is 4.60. The van der Waals surface area contributed by atoms with Crippen molar-refractivity contribution in [3.63, 3.8) is 0 Å². The van der Waals surface area contributed by atoms with Gasteiger partial charge in [0, 0.05) is 17.1 Å². The van der Waals surface area contributed by atoms with Crippen LogP contribution in [0.4, 0.5) is 4.39 Å². The lowest BCUT2D eigenvalue weighted by Gasteiger charge is -2.44. The van der Waals surface area contributed by atoms with Gasteiger partial charge in [0.25, 0.3) is 0 Å². The van der Waals surface area contributed by atoms with Crippen molar-refractivity contribution in [3.8, 4) is 0 Å². The minimum atomic E-state index is -0.501. The largest absolute Gasteiger partial charge is 0.376 e. The monoisotopic (exact) mass is 378 g/mol. The third-order valence-corrected chi connectivity index (χ3v) is 5.85. The third kappa shape index (κ3) is 3.27. The van der Waals surface area contributed by atoms with Gasteiger partial charge in [-0.25, -0.2) is 9.82 Å². The zero-order valence-electron chi connectivity index (χ0n) is 12.3. The molecule has 0 saturated heterocycles. The molecule has 118 valence electrons. The van der Waals surface area contributed by atoms with Gasteiger partial charge >= 0.3 is 0 Å². The van der Waals surface area contributed by atoms with Crippen molar-refractivity contribution in [2.45, 2.75) is 44.2 Å². The number of methoxy groups -OCH3 is 1. The van der Waals surface area contributed by atoms with E-state index in [1.165, 1.54) is 0 Å². The van der Waals surface area contributed by atoms with Gasteiger partial charge in [0.15, 0.2) is 0 Å². The molecule has 0 heterocycles. The Hall–Kier alpha value is -0.200. The van der Waals surface area contributed by atoms with Gasteiger partial charge in [-0.3, -0.25) is 5.84 Å². The van der Waals surface area contributed by atoms with Gasteiger partial charge in [-0.2, -0.15) is 0 Å². The Morgan fingerprint density at radius 1 is 1.48 bits per heavy atom. The Kier molecular flexibility index (Phi) is 5.65. The first-order chi connectivity index (χ1) is 9.95. The number of rotatable bonds is 4. The van der Waals surface area contributed by atoms with Gasteiger partial charge in [-0.1, -0.05) is 24.6 Å². The molecule has 3 N–H and O–H groups in total. The van der Waals surface area contributed by atoms with E-state index in [0.717, 1.165) is 25.7 Å². The molecule has 1 fully saturated rings. The van der Waals surface area contributed by atoms with Crippen LogP contribution in [-0.2, 0) is 4.74 Å². The second-order valence-electron chi connectivity index (χ2n) is 5.82. The first-order valence-electron chi connectivity index (χ1n) is 7.10. The van der Waals surface area contributed by atoms with E-state index in [1.807, 2.05) is 0 Å². The summed E-state index contributed by atoms with van der Waals surface area (Å²) in [5, 5.41) is 0.0724. The van der Waals surface area contributed by atoms with Crippen LogP contribution >= 0.6 is 27.5 Å². The van der Waals surface area contributed by atoms with Crippen molar-refractivity contribution < 1.29 is 9.13 Å². The number of halogens is 3. The summed E-state index contributed by atoms with van der Waals surface area (Å²) in [7, 11) is 1.67. The number of ether oxygens (including phenoxy) is 1. The lowest BCUT2D eigenvalue weighted by molar-refractivity contribution is -0.0768. The van der Waals surface area contributed by atoms with Crippen LogP contribution in [0.3, 0.4) is 0 Å². The highest BCUT2D eigenvalue weighted by molar-refractivity contribution is 9.10. The lowest BCUT2D eigenvalue weighted by atomic mass is 9.73. The van der Waals surface area contributed by atoms with Crippen molar-refractivity contribution >= 4 is 27.5 Å². The van der Waals surface area contributed by atoms with Crippen LogP contribution in [0.25, 0.3) is 0 Å². The molecular formula is C15H21BrClFN2O. The molecule has 1 aliphatic carbocycles. The zero-order chi connectivity index (χ0) is 15.6. The van der Waals surface area contributed by atoms with Gasteiger partial charge in [-0.15, -0.1) is 0 Å². The van der Waals surface area contributed by atoms with Crippen LogP contribution in [0.1, 0.15) is 44.2 Å². The topological polar surface area (TPSA) is 47.3 Å². The number of nitrogens with two attached hydrogens (primary N) is 1. The number of hydrazine groups is 1. The minimum Gasteiger partial charge on any atom is -0.376 e. The Bertz CT molecular complexity index is 507. The highest BCUT2D eigenvalue weighted by Gasteiger charge is 2.43. The first kappa shape index (κ1) is 17.2. The summed E-state index contributed by atoms with van der Waals surface area (Å²) >= 11 is 9.23. The Morgan fingerprint density at radius 2 is 2.10 bits per heavy atom. The number of nitrogens with one attached hydrogen (secondary N) is 1. The maximum absolute atomic E-state index is 14.5. The number of benzene rings is 1. The Morgan fingerprint density at radius 3 is 2.62 bits per heavy atom. The Labute approximate surface area is 138 Å². The molecule has 6 heteroatoms. The summed E-state index contributed by atoms with van der Waals surface area (Å²) in [4.78, 5) is 0. The molecule has 1 atom stereocenters. The first-order valence-corrected chi connectivity index (χ1v) is 8.27. The van der Waals surface area contributed by atoms with Crippen molar-refractivity contribution in [1.29, 1.82) is 0 Å². The van der Waals surface area contributed by atoms with Gasteiger partial charge in [-0.05, 0) is 53.6 Å². The number of hydrogen-bond acceptors (Lipinski definition) is 3. The molecular weight excluding hydrogens is 359 g/mol. The SMILES string of the molecule is COC1(C(NN)c2ccc(Br)c(Cl)c2F)CCC(C)CC1. The van der Waals surface area contributed by atoms with Crippen molar-refractivity contribution in [3.05, 3.63) is 33.0 Å². The van der Waals surface area contributed by atoms with Crippen molar-refractivity contribution in [2.75, 3.05) is 7.11 Å². The molecule has 0 radical (unpaired) electrons. The fourth-order valence-corrected chi connectivity index (χ4v) is 3.63. The molecule has 0 aliphatic heterocycles. The maximum atomic E-state index is 14.5. The molecule has 21 heavy (non-hydrogen) atoms. The molecule has 3 nitrogen and oxygen atoms in total. The predicted molar refractivity (Wildman–Crippen MR) is 86.5 cm³/mol. The fraction of sp³-hybridized carbons (Fsp3) is 0.600. The van der Waals surface area contributed by atoms with Crippen molar-refractivity contribution in [2.24, 2.45) is 11.8 Å². The van der Waals surface area contributed by atoms with E-state index in [9.17, 15) is 4.39 Å². The average Bonchev–Trinajstić information content (AvgIpc) is 2.50. The second-order valence-corrected chi connectivity index (χ2v) is 7.05. The van der Waals surface area contributed by atoms with E-state index >= 15 is 0 Å². The molecule has 0 spiro atoms. The van der Waals surface area contributed by atoms with E-state index < -0.39 is 17.5 Å². The smallest absolute Gasteiger partial charge is 0.147 e. The Balaban J connectivity index is 2.41. The molecule has 2 rings (SSSR count). The molecule has 0 bridgehead atoms. The van der Waals surface area contributed by atoms with Crippen LogP contribution < -0.4 is 11.3 Å². The van der Waals surface area contributed by atoms with E-state index in [2.05, 4.69) is 28.3 Å². The van der Waals surface area contributed by atoms with Crippen LogP contribution in [0.5, 0.6) is 0 Å². The average molecular weight is 380 g/mol. The summed E-state index contributed by atoms with van der Waals surface area (Å²) in [6.07, 6.45) is 3.76. The van der Waals surface area contributed by atoms with Crippen LogP contribution in [0, 0.1) is 11.7 Å². The predicted octanol–water partition coefficient (Wildman–Crippen LogP) is 4.34. The molecule has 0 aromatic heterocycles. The summed E-state index contributed by atoms with van der Waals surface area (Å²) in [6, 6.07) is 3.01. The molecule has 1 aliphatic rings. The van der Waals surface area contributed by atoms with Crippen LogP contribution in [0.2, 0.25) is 5.02 Å². The zero-order valence-corrected chi connectivity index (χ0v) is 14.6. The summed E-state index contributed by atoms with van der Waals surface area (Å²) < 4.78 is 20.9. The van der Waals surface area contributed by atoms with Gasteiger partial charge in [0.2, 0.25) is 0 Å². The van der Waals surface area contributed by atoms with Crippen molar-refractivity contribution in [1.82, 2.24) is 5.43 Å². The molecule has 0 amide bonds. The highest BCUT2D eigenvalue weighted by Crippen LogP contribution is 2.44. The summed E-state index contributed by atoms with van der Waals surface area (Å²) in [5.41, 5.74) is 2.69. The molecule has 1 unspecified atom stereocenters. The van der Waals surface area contributed by atoms with Gasteiger partial charge in [0.1, 0.15) is 5.82 Å². The van der Waals surface area contributed by atoms with Gasteiger partial charge < -0.3 is 4.74 Å². The summed E-state index contributed by atoms with van der Waals surface area (Å²) in [5.74, 6) is 5.94.